The molecule has 0 saturated heterocycles. The van der Waals surface area contributed by atoms with Crippen molar-refractivity contribution in [2.45, 2.75) is 55.3 Å². The SMILES string of the molecule is CN(C1(OCCC(=O)O)CCCCC1)S(=O)(=O)c1ccc(C(F)(F)F)cc1. The van der Waals surface area contributed by atoms with Crippen molar-refractivity contribution >= 4 is 16.0 Å². The predicted octanol–water partition coefficient (Wildman–Crippen LogP) is 3.48. The Morgan fingerprint density at radius 3 is 2.22 bits per heavy atom. The highest BCUT2D eigenvalue weighted by atomic mass is 32.2. The average molecular weight is 409 g/mol. The van der Waals surface area contributed by atoms with Gasteiger partial charge in [-0.3, -0.25) is 4.79 Å². The molecule has 1 aromatic carbocycles. The maximum absolute atomic E-state index is 12.9. The van der Waals surface area contributed by atoms with Crippen LogP contribution in [-0.4, -0.2) is 43.2 Å². The summed E-state index contributed by atoms with van der Waals surface area (Å²) in [6.07, 6.45) is -1.72. The van der Waals surface area contributed by atoms with Gasteiger partial charge in [0.25, 0.3) is 0 Å². The first-order valence-electron chi connectivity index (χ1n) is 8.51. The molecule has 1 saturated carbocycles. The van der Waals surface area contributed by atoms with E-state index in [1.54, 1.807) is 0 Å². The Morgan fingerprint density at radius 2 is 1.74 bits per heavy atom. The maximum atomic E-state index is 12.9. The van der Waals surface area contributed by atoms with E-state index in [1.165, 1.54) is 7.05 Å². The van der Waals surface area contributed by atoms with Gasteiger partial charge < -0.3 is 9.84 Å². The number of hydrogen-bond acceptors (Lipinski definition) is 4. The number of nitrogens with zero attached hydrogens (tertiary/aromatic N) is 1. The molecule has 27 heavy (non-hydrogen) atoms. The fourth-order valence-electron chi connectivity index (χ4n) is 3.18. The second-order valence-electron chi connectivity index (χ2n) is 6.49. The van der Waals surface area contributed by atoms with Crippen molar-refractivity contribution < 1.29 is 36.2 Å². The Hall–Kier alpha value is -1.65. The minimum atomic E-state index is -4.56. The Labute approximate surface area is 156 Å². The highest BCUT2D eigenvalue weighted by Crippen LogP contribution is 2.38. The van der Waals surface area contributed by atoms with Gasteiger partial charge in [0.1, 0.15) is 5.72 Å². The lowest BCUT2D eigenvalue weighted by molar-refractivity contribution is -0.151. The lowest BCUT2D eigenvalue weighted by atomic mass is 9.91. The molecule has 2 rings (SSSR count). The zero-order valence-corrected chi connectivity index (χ0v) is 15.6. The summed E-state index contributed by atoms with van der Waals surface area (Å²) in [7, 11) is -2.80. The van der Waals surface area contributed by atoms with Crippen molar-refractivity contribution in [2.75, 3.05) is 13.7 Å². The summed E-state index contributed by atoms with van der Waals surface area (Å²) >= 11 is 0. The van der Waals surface area contributed by atoms with E-state index < -0.39 is 33.5 Å². The largest absolute Gasteiger partial charge is 0.481 e. The number of sulfonamides is 1. The van der Waals surface area contributed by atoms with Gasteiger partial charge in [0.05, 0.1) is 23.5 Å². The number of carboxylic acid groups (broad SMARTS) is 1. The van der Waals surface area contributed by atoms with Crippen molar-refractivity contribution in [1.82, 2.24) is 4.31 Å². The smallest absolute Gasteiger partial charge is 0.416 e. The van der Waals surface area contributed by atoms with Gasteiger partial charge in [0.2, 0.25) is 10.0 Å². The van der Waals surface area contributed by atoms with E-state index in [1.807, 2.05) is 0 Å². The molecule has 1 aliphatic rings. The minimum Gasteiger partial charge on any atom is -0.481 e. The first-order chi connectivity index (χ1) is 12.5. The standard InChI is InChI=1S/C17H22F3NO5S/c1-21(16(10-3-2-4-11-16)26-12-9-15(22)23)27(24,25)14-7-5-13(6-8-14)17(18,19)20/h5-8H,2-4,9-12H2,1H3,(H,22,23). The van der Waals surface area contributed by atoms with E-state index in [-0.39, 0.29) is 17.9 Å². The molecule has 0 bridgehead atoms. The highest BCUT2D eigenvalue weighted by Gasteiger charge is 2.43. The summed E-state index contributed by atoms with van der Waals surface area (Å²) in [5.74, 6) is -1.06. The molecule has 0 atom stereocenters. The van der Waals surface area contributed by atoms with Crippen LogP contribution in [0.3, 0.4) is 0 Å². The molecule has 0 radical (unpaired) electrons. The molecule has 1 aromatic rings. The van der Waals surface area contributed by atoms with Crippen LogP contribution in [0.25, 0.3) is 0 Å². The van der Waals surface area contributed by atoms with Crippen LogP contribution >= 0.6 is 0 Å². The molecule has 1 N–H and O–H groups in total. The van der Waals surface area contributed by atoms with Crippen LogP contribution in [0.1, 0.15) is 44.1 Å². The first kappa shape index (κ1) is 21.6. The van der Waals surface area contributed by atoms with Gasteiger partial charge in [0.15, 0.2) is 0 Å². The molecular formula is C17H22F3NO5S. The number of carbonyl (C=O) groups is 1. The van der Waals surface area contributed by atoms with Crippen molar-refractivity contribution in [2.24, 2.45) is 0 Å². The third-order valence-corrected chi connectivity index (χ3v) is 6.66. The van der Waals surface area contributed by atoms with Gasteiger partial charge >= 0.3 is 12.1 Å². The third kappa shape index (κ3) is 4.99. The normalized spacial score (nSPS) is 17.8. The van der Waals surface area contributed by atoms with Crippen molar-refractivity contribution in [3.63, 3.8) is 0 Å². The van der Waals surface area contributed by atoms with Gasteiger partial charge in [0, 0.05) is 7.05 Å². The highest BCUT2D eigenvalue weighted by molar-refractivity contribution is 7.89. The Kier molecular flexibility index (Phi) is 6.54. The summed E-state index contributed by atoms with van der Waals surface area (Å²) < 4.78 is 70.7. The lowest BCUT2D eigenvalue weighted by Crippen LogP contribution is -2.52. The zero-order valence-electron chi connectivity index (χ0n) is 14.8. The van der Waals surface area contributed by atoms with E-state index in [9.17, 15) is 26.4 Å². The van der Waals surface area contributed by atoms with Crippen LogP contribution in [0.2, 0.25) is 0 Å². The number of hydrogen-bond donors (Lipinski definition) is 1. The molecule has 152 valence electrons. The van der Waals surface area contributed by atoms with Gasteiger partial charge in [-0.05, 0) is 49.9 Å². The summed E-state index contributed by atoms with van der Waals surface area (Å²) in [6.45, 7) is -0.151. The number of ether oxygens (including phenoxy) is 1. The second-order valence-corrected chi connectivity index (χ2v) is 8.46. The Balaban J connectivity index is 2.29. The van der Waals surface area contributed by atoms with Gasteiger partial charge in [-0.1, -0.05) is 6.42 Å². The fraction of sp³-hybridized carbons (Fsp3) is 0.588. The van der Waals surface area contributed by atoms with E-state index in [0.717, 1.165) is 35.0 Å². The molecule has 0 heterocycles. The molecule has 0 spiro atoms. The second kappa shape index (κ2) is 8.15. The molecular weight excluding hydrogens is 387 g/mol. The number of carboxylic acids is 1. The molecule has 0 aliphatic heterocycles. The number of aliphatic carboxylic acids is 1. The number of halogens is 3. The monoisotopic (exact) mass is 409 g/mol. The van der Waals surface area contributed by atoms with Crippen LogP contribution < -0.4 is 0 Å². The summed E-state index contributed by atoms with van der Waals surface area (Å²) in [4.78, 5) is 10.5. The summed E-state index contributed by atoms with van der Waals surface area (Å²) in [6, 6.07) is 3.28. The van der Waals surface area contributed by atoms with E-state index in [2.05, 4.69) is 0 Å². The number of alkyl halides is 3. The van der Waals surface area contributed by atoms with E-state index >= 15 is 0 Å². The average Bonchev–Trinajstić information content (AvgIpc) is 2.61. The third-order valence-electron chi connectivity index (χ3n) is 4.74. The topological polar surface area (TPSA) is 83.9 Å². The zero-order chi connectivity index (χ0) is 20.3. The van der Waals surface area contributed by atoms with Crippen LogP contribution in [0.5, 0.6) is 0 Å². The van der Waals surface area contributed by atoms with Crippen LogP contribution in [0.4, 0.5) is 13.2 Å². The van der Waals surface area contributed by atoms with Crippen LogP contribution in [0.15, 0.2) is 29.2 Å². The van der Waals surface area contributed by atoms with Crippen molar-refractivity contribution in [1.29, 1.82) is 0 Å². The van der Waals surface area contributed by atoms with Crippen molar-refractivity contribution in [3.8, 4) is 0 Å². The summed E-state index contributed by atoms with van der Waals surface area (Å²) in [5, 5.41) is 8.79. The number of rotatable bonds is 7. The van der Waals surface area contributed by atoms with E-state index in [0.29, 0.717) is 25.7 Å². The van der Waals surface area contributed by atoms with E-state index in [4.69, 9.17) is 9.84 Å². The molecule has 1 fully saturated rings. The molecule has 6 nitrogen and oxygen atoms in total. The summed E-state index contributed by atoms with van der Waals surface area (Å²) in [5.41, 5.74) is -2.14. The maximum Gasteiger partial charge on any atom is 0.416 e. The molecule has 1 aliphatic carbocycles. The first-order valence-corrected chi connectivity index (χ1v) is 9.95. The van der Waals surface area contributed by atoms with Gasteiger partial charge in [-0.25, -0.2) is 8.42 Å². The van der Waals surface area contributed by atoms with Crippen LogP contribution in [-0.2, 0) is 25.7 Å². The molecule has 0 amide bonds. The van der Waals surface area contributed by atoms with Gasteiger partial charge in [-0.2, -0.15) is 17.5 Å². The Morgan fingerprint density at radius 1 is 1.19 bits per heavy atom. The minimum absolute atomic E-state index is 0.151. The molecule has 0 unspecified atom stereocenters. The predicted molar refractivity (Wildman–Crippen MR) is 90.4 cm³/mol. The fourth-order valence-corrected chi connectivity index (χ4v) is 4.65. The van der Waals surface area contributed by atoms with Crippen LogP contribution in [0, 0.1) is 0 Å². The number of benzene rings is 1. The quantitative estimate of drug-likeness (QED) is 0.697. The molecule has 10 heteroatoms. The van der Waals surface area contributed by atoms with Crippen molar-refractivity contribution in [3.05, 3.63) is 29.8 Å². The molecule has 0 aromatic heterocycles. The van der Waals surface area contributed by atoms with Gasteiger partial charge in [-0.15, -0.1) is 0 Å². The Bertz CT molecular complexity index is 756. The lowest BCUT2D eigenvalue weighted by Gasteiger charge is -2.43.